The molecular formula is C13H22O3. The predicted molar refractivity (Wildman–Crippen MR) is 63.2 cm³/mol. The van der Waals surface area contributed by atoms with Gasteiger partial charge in [-0.1, -0.05) is 27.4 Å². The maximum Gasteiger partial charge on any atom is 0.511 e. The predicted octanol–water partition coefficient (Wildman–Crippen LogP) is 4.05. The first-order valence-electron chi connectivity index (χ1n) is 5.90. The average Bonchev–Trinajstić information content (AvgIpc) is 2.15. The second kappa shape index (κ2) is 4.89. The lowest BCUT2D eigenvalue weighted by molar-refractivity contribution is 0.0940. The first kappa shape index (κ1) is 13.1. The minimum absolute atomic E-state index is 0.217. The zero-order valence-electron chi connectivity index (χ0n) is 10.5. The first-order chi connectivity index (χ1) is 7.30. The quantitative estimate of drug-likeness (QED) is 0.570. The van der Waals surface area contributed by atoms with Crippen LogP contribution in [0.15, 0.2) is 12.3 Å². The van der Waals surface area contributed by atoms with Crippen LogP contribution < -0.4 is 0 Å². The Labute approximate surface area is 97.5 Å². The van der Waals surface area contributed by atoms with Crippen molar-refractivity contribution in [3.63, 3.8) is 0 Å². The molecule has 1 N–H and O–H groups in total. The molecule has 16 heavy (non-hydrogen) atoms. The van der Waals surface area contributed by atoms with Gasteiger partial charge in [0.25, 0.3) is 0 Å². The topological polar surface area (TPSA) is 46.5 Å². The van der Waals surface area contributed by atoms with Gasteiger partial charge in [-0.25, -0.2) is 4.79 Å². The van der Waals surface area contributed by atoms with Gasteiger partial charge in [-0.3, -0.25) is 0 Å². The number of carbonyl (C=O) groups is 1. The molecule has 0 aromatic carbocycles. The van der Waals surface area contributed by atoms with Gasteiger partial charge in [0.2, 0.25) is 0 Å². The Balaban J connectivity index is 2.43. The summed E-state index contributed by atoms with van der Waals surface area (Å²) in [6.45, 7) is 10.5. The number of allylic oxidation sites excluding steroid dienone is 1. The van der Waals surface area contributed by atoms with Crippen LogP contribution in [0.3, 0.4) is 0 Å². The van der Waals surface area contributed by atoms with Gasteiger partial charge in [-0.05, 0) is 37.0 Å². The fraction of sp³-hybridized carbons (Fsp3) is 0.769. The van der Waals surface area contributed by atoms with Crippen molar-refractivity contribution in [2.24, 2.45) is 17.3 Å². The molecule has 1 aliphatic rings. The van der Waals surface area contributed by atoms with E-state index in [2.05, 4.69) is 32.1 Å². The van der Waals surface area contributed by atoms with Crippen LogP contribution in [-0.4, -0.2) is 11.3 Å². The van der Waals surface area contributed by atoms with E-state index < -0.39 is 6.16 Å². The highest BCUT2D eigenvalue weighted by Crippen LogP contribution is 2.41. The number of hydrogen-bond acceptors (Lipinski definition) is 2. The number of rotatable bonds is 2. The fourth-order valence-electron chi connectivity index (χ4n) is 2.48. The second-order valence-corrected chi connectivity index (χ2v) is 5.75. The van der Waals surface area contributed by atoms with Crippen molar-refractivity contribution >= 4 is 6.16 Å². The summed E-state index contributed by atoms with van der Waals surface area (Å²) >= 11 is 0. The molecule has 3 heteroatoms. The lowest BCUT2D eigenvalue weighted by Crippen LogP contribution is -2.27. The van der Waals surface area contributed by atoms with Crippen LogP contribution in [0, 0.1) is 17.3 Å². The van der Waals surface area contributed by atoms with Gasteiger partial charge in [-0.15, -0.1) is 0 Å². The molecule has 0 spiro atoms. The van der Waals surface area contributed by atoms with Crippen molar-refractivity contribution in [2.75, 3.05) is 0 Å². The molecule has 3 nitrogen and oxygen atoms in total. The van der Waals surface area contributed by atoms with Crippen molar-refractivity contribution in [2.45, 2.75) is 46.5 Å². The molecule has 0 saturated heterocycles. The van der Waals surface area contributed by atoms with Gasteiger partial charge >= 0.3 is 6.16 Å². The van der Waals surface area contributed by atoms with Crippen LogP contribution in [0.2, 0.25) is 0 Å². The van der Waals surface area contributed by atoms with E-state index in [4.69, 9.17) is 5.11 Å². The van der Waals surface area contributed by atoms with Crippen LogP contribution in [-0.2, 0) is 4.74 Å². The van der Waals surface area contributed by atoms with Gasteiger partial charge in [-0.2, -0.15) is 0 Å². The van der Waals surface area contributed by atoms with E-state index in [0.717, 1.165) is 31.6 Å². The normalized spacial score (nSPS) is 26.2. The van der Waals surface area contributed by atoms with E-state index >= 15 is 0 Å². The summed E-state index contributed by atoms with van der Waals surface area (Å²) in [6, 6.07) is 0. The summed E-state index contributed by atoms with van der Waals surface area (Å²) in [5, 5.41) is 8.51. The maximum absolute atomic E-state index is 10.4. The van der Waals surface area contributed by atoms with Gasteiger partial charge < -0.3 is 9.84 Å². The Hall–Kier alpha value is -0.990. The minimum atomic E-state index is -1.25. The van der Waals surface area contributed by atoms with Crippen molar-refractivity contribution in [1.29, 1.82) is 0 Å². The van der Waals surface area contributed by atoms with E-state index in [0.29, 0.717) is 11.2 Å². The third kappa shape index (κ3) is 3.54. The van der Waals surface area contributed by atoms with Crippen LogP contribution in [0.25, 0.3) is 0 Å². The SMILES string of the molecule is C=C(OC(=O)O)C1CCC(C(C)(C)C)CC1. The third-order valence-electron chi connectivity index (χ3n) is 3.63. The van der Waals surface area contributed by atoms with Gasteiger partial charge in [0, 0.05) is 5.92 Å². The van der Waals surface area contributed by atoms with Crippen molar-refractivity contribution in [1.82, 2.24) is 0 Å². The Morgan fingerprint density at radius 1 is 1.25 bits per heavy atom. The summed E-state index contributed by atoms with van der Waals surface area (Å²) in [6.07, 6.45) is 3.01. The molecule has 0 aromatic rings. The smallest absolute Gasteiger partial charge is 0.449 e. The summed E-state index contributed by atoms with van der Waals surface area (Å²) < 4.78 is 4.63. The Morgan fingerprint density at radius 3 is 2.12 bits per heavy atom. The maximum atomic E-state index is 10.4. The molecule has 0 atom stereocenters. The van der Waals surface area contributed by atoms with Crippen LogP contribution >= 0.6 is 0 Å². The zero-order chi connectivity index (χ0) is 12.3. The summed E-state index contributed by atoms with van der Waals surface area (Å²) in [7, 11) is 0. The third-order valence-corrected chi connectivity index (χ3v) is 3.63. The highest BCUT2D eigenvalue weighted by molar-refractivity contribution is 5.58. The first-order valence-corrected chi connectivity index (χ1v) is 5.90. The van der Waals surface area contributed by atoms with Crippen molar-refractivity contribution in [3.8, 4) is 0 Å². The molecule has 0 aromatic heterocycles. The monoisotopic (exact) mass is 226 g/mol. The molecule has 1 saturated carbocycles. The molecule has 1 fully saturated rings. The summed E-state index contributed by atoms with van der Waals surface area (Å²) in [5.74, 6) is 1.36. The van der Waals surface area contributed by atoms with E-state index in [-0.39, 0.29) is 5.92 Å². The summed E-state index contributed by atoms with van der Waals surface area (Å²) in [4.78, 5) is 10.4. The van der Waals surface area contributed by atoms with Crippen molar-refractivity contribution in [3.05, 3.63) is 12.3 Å². The van der Waals surface area contributed by atoms with E-state index in [9.17, 15) is 4.79 Å². The van der Waals surface area contributed by atoms with Gasteiger partial charge in [0.05, 0.1) is 0 Å². The zero-order valence-corrected chi connectivity index (χ0v) is 10.5. The standard InChI is InChI=1S/C13H22O3/c1-9(16-12(14)15)10-5-7-11(8-6-10)13(2,3)4/h10-11H,1,5-8H2,2-4H3,(H,14,15). The Morgan fingerprint density at radius 2 is 1.75 bits per heavy atom. The lowest BCUT2D eigenvalue weighted by atomic mass is 9.69. The van der Waals surface area contributed by atoms with Gasteiger partial charge in [0.1, 0.15) is 5.76 Å². The molecule has 92 valence electrons. The summed E-state index contributed by atoms with van der Waals surface area (Å²) in [5.41, 5.74) is 0.347. The fourth-order valence-corrected chi connectivity index (χ4v) is 2.48. The number of hydrogen-bond donors (Lipinski definition) is 1. The number of carboxylic acid groups (broad SMARTS) is 1. The molecular weight excluding hydrogens is 204 g/mol. The van der Waals surface area contributed by atoms with Crippen LogP contribution in [0.4, 0.5) is 4.79 Å². The Kier molecular flexibility index (Phi) is 4.00. The Bertz CT molecular complexity index is 267. The largest absolute Gasteiger partial charge is 0.511 e. The van der Waals surface area contributed by atoms with Crippen LogP contribution in [0.1, 0.15) is 46.5 Å². The molecule has 0 heterocycles. The molecule has 1 aliphatic carbocycles. The van der Waals surface area contributed by atoms with Gasteiger partial charge in [0.15, 0.2) is 0 Å². The highest BCUT2D eigenvalue weighted by atomic mass is 16.7. The molecule has 1 rings (SSSR count). The molecule has 0 bridgehead atoms. The minimum Gasteiger partial charge on any atom is -0.449 e. The van der Waals surface area contributed by atoms with E-state index in [1.807, 2.05) is 0 Å². The number of ether oxygens (including phenoxy) is 1. The lowest BCUT2D eigenvalue weighted by Gasteiger charge is -2.36. The second-order valence-electron chi connectivity index (χ2n) is 5.75. The highest BCUT2D eigenvalue weighted by Gasteiger charge is 2.31. The molecule has 0 radical (unpaired) electrons. The van der Waals surface area contributed by atoms with Crippen molar-refractivity contribution < 1.29 is 14.6 Å². The van der Waals surface area contributed by atoms with E-state index in [1.54, 1.807) is 0 Å². The molecule has 0 unspecified atom stereocenters. The molecule has 0 aliphatic heterocycles. The molecule has 0 amide bonds. The van der Waals surface area contributed by atoms with E-state index in [1.165, 1.54) is 0 Å². The average molecular weight is 226 g/mol. The van der Waals surface area contributed by atoms with Crippen LogP contribution in [0.5, 0.6) is 0 Å².